The predicted molar refractivity (Wildman–Crippen MR) is 109 cm³/mol. The minimum Gasteiger partial charge on any atom is -0.421 e. The molecule has 0 amide bonds. The summed E-state index contributed by atoms with van der Waals surface area (Å²) in [7, 11) is 0. The summed E-state index contributed by atoms with van der Waals surface area (Å²) in [4.78, 5) is 34.0. The first kappa shape index (κ1) is 22.3. The van der Waals surface area contributed by atoms with Crippen LogP contribution < -0.4 is 0 Å². The maximum atomic E-state index is 12.5. The second-order valence-electron chi connectivity index (χ2n) is 6.57. The Morgan fingerprint density at radius 2 is 1.13 bits per heavy atom. The molecule has 2 rings (SSSR count). The molecule has 30 heavy (non-hydrogen) atoms. The van der Waals surface area contributed by atoms with E-state index in [-0.39, 0.29) is 22.5 Å². The van der Waals surface area contributed by atoms with Crippen LogP contribution in [0, 0.1) is 20.2 Å². The van der Waals surface area contributed by atoms with Crippen LogP contribution in [0.1, 0.15) is 37.2 Å². The number of nitrogens with zero attached hydrogens (tertiary/aromatic N) is 2. The first-order chi connectivity index (χ1) is 14.1. The van der Waals surface area contributed by atoms with E-state index in [9.17, 15) is 25.0 Å². The summed E-state index contributed by atoms with van der Waals surface area (Å²) in [5.41, 5.74) is 0.438. The quantitative estimate of drug-likeness (QED) is 0.240. The number of carbonyl (C=O) groups is 1. The summed E-state index contributed by atoms with van der Waals surface area (Å²) in [5.74, 6) is 0. The monoisotopic (exact) mass is 412 g/mol. The van der Waals surface area contributed by atoms with E-state index in [1.807, 2.05) is 0 Å². The van der Waals surface area contributed by atoms with Crippen molar-refractivity contribution in [1.29, 1.82) is 0 Å². The number of hydrogen-bond acceptors (Lipinski definition) is 7. The topological polar surface area (TPSA) is 122 Å². The fraction of sp³-hybridized carbons (Fsp3) is 0.190. The second-order valence-corrected chi connectivity index (χ2v) is 6.57. The van der Waals surface area contributed by atoms with Crippen LogP contribution in [-0.2, 0) is 9.47 Å². The van der Waals surface area contributed by atoms with Gasteiger partial charge in [0.05, 0.1) is 21.0 Å². The summed E-state index contributed by atoms with van der Waals surface area (Å²) < 4.78 is 10.6. The molecule has 0 radical (unpaired) electrons. The first-order valence-electron chi connectivity index (χ1n) is 8.78. The Hall–Kier alpha value is -4.01. The largest absolute Gasteiger partial charge is 0.510 e. The van der Waals surface area contributed by atoms with Gasteiger partial charge in [0, 0.05) is 12.1 Å². The molecule has 9 heteroatoms. The van der Waals surface area contributed by atoms with E-state index in [4.69, 9.17) is 9.47 Å². The molecule has 2 unspecified atom stereocenters. The van der Waals surface area contributed by atoms with E-state index in [1.165, 1.54) is 36.4 Å². The number of carbonyl (C=O) groups excluding carboxylic acids is 1. The van der Waals surface area contributed by atoms with Crippen LogP contribution in [0.3, 0.4) is 0 Å². The van der Waals surface area contributed by atoms with Crippen molar-refractivity contribution in [2.75, 3.05) is 0 Å². The number of nitro benzene ring substituents is 2. The molecule has 0 saturated heterocycles. The number of benzene rings is 2. The zero-order valence-electron chi connectivity index (χ0n) is 16.4. The molecule has 0 spiro atoms. The van der Waals surface area contributed by atoms with Gasteiger partial charge in [-0.2, -0.15) is 0 Å². The molecule has 2 aromatic rings. The second kappa shape index (κ2) is 9.46. The standard InChI is InChI=1S/C21H20N2O7/c1-13(2)19(15-9-5-7-11-17(15)22(25)26)29-21(24)30-20(14(3)4)16-10-6-8-12-18(16)23(27)28/h5-12,19-20H,1,3H2,2,4H3. The third-order valence-corrected chi connectivity index (χ3v) is 4.16. The number of nitro groups is 2. The van der Waals surface area contributed by atoms with Crippen LogP contribution >= 0.6 is 0 Å². The summed E-state index contributed by atoms with van der Waals surface area (Å²) in [6.45, 7) is 10.6. The van der Waals surface area contributed by atoms with Crippen molar-refractivity contribution >= 4 is 17.5 Å². The van der Waals surface area contributed by atoms with Crippen molar-refractivity contribution in [3.05, 3.63) is 104 Å². The van der Waals surface area contributed by atoms with Crippen LogP contribution in [-0.4, -0.2) is 16.0 Å². The van der Waals surface area contributed by atoms with Gasteiger partial charge in [0.2, 0.25) is 0 Å². The maximum absolute atomic E-state index is 12.5. The average molecular weight is 412 g/mol. The highest BCUT2D eigenvalue weighted by Gasteiger charge is 2.30. The highest BCUT2D eigenvalue weighted by atomic mass is 16.7. The maximum Gasteiger partial charge on any atom is 0.510 e. The minimum absolute atomic E-state index is 0.129. The van der Waals surface area contributed by atoms with Crippen molar-refractivity contribution in [3.63, 3.8) is 0 Å². The van der Waals surface area contributed by atoms with Crippen LogP contribution in [0.2, 0.25) is 0 Å². The van der Waals surface area contributed by atoms with E-state index in [2.05, 4.69) is 13.2 Å². The van der Waals surface area contributed by atoms with Crippen LogP contribution in [0.4, 0.5) is 16.2 Å². The fourth-order valence-electron chi connectivity index (χ4n) is 2.83. The fourth-order valence-corrected chi connectivity index (χ4v) is 2.83. The van der Waals surface area contributed by atoms with Crippen LogP contribution in [0.15, 0.2) is 72.8 Å². The molecule has 0 aliphatic heterocycles. The lowest BCUT2D eigenvalue weighted by Gasteiger charge is -2.22. The lowest BCUT2D eigenvalue weighted by Crippen LogP contribution is -2.18. The Labute approximate surface area is 172 Å². The Kier molecular flexibility index (Phi) is 7.03. The van der Waals surface area contributed by atoms with E-state index >= 15 is 0 Å². The summed E-state index contributed by atoms with van der Waals surface area (Å²) in [6.07, 6.45) is -3.46. The lowest BCUT2D eigenvalue weighted by atomic mass is 10.0. The molecule has 0 saturated carbocycles. The van der Waals surface area contributed by atoms with Gasteiger partial charge in [-0.25, -0.2) is 4.79 Å². The highest BCUT2D eigenvalue weighted by molar-refractivity contribution is 5.63. The zero-order chi connectivity index (χ0) is 22.4. The van der Waals surface area contributed by atoms with E-state index in [0.29, 0.717) is 11.1 Å². The van der Waals surface area contributed by atoms with Gasteiger partial charge in [-0.05, 0) is 37.1 Å². The summed E-state index contributed by atoms with van der Waals surface area (Å²) in [5, 5.41) is 22.6. The van der Waals surface area contributed by atoms with Crippen LogP contribution in [0.25, 0.3) is 0 Å². The molecular formula is C21H20N2O7. The summed E-state index contributed by atoms with van der Waals surface area (Å²) >= 11 is 0. The van der Waals surface area contributed by atoms with Gasteiger partial charge < -0.3 is 9.47 Å². The molecule has 0 aliphatic rings. The van der Waals surface area contributed by atoms with Crippen molar-refractivity contribution in [1.82, 2.24) is 0 Å². The number of para-hydroxylation sites is 2. The first-order valence-corrected chi connectivity index (χ1v) is 8.78. The molecule has 0 aromatic heterocycles. The Balaban J connectivity index is 2.33. The number of rotatable bonds is 8. The van der Waals surface area contributed by atoms with E-state index in [1.54, 1.807) is 26.0 Å². The normalized spacial score (nSPS) is 12.3. The summed E-state index contributed by atoms with van der Waals surface area (Å²) in [6, 6.07) is 11.6. The van der Waals surface area contributed by atoms with Gasteiger partial charge in [-0.3, -0.25) is 20.2 Å². The van der Waals surface area contributed by atoms with Gasteiger partial charge in [-0.15, -0.1) is 0 Å². The molecule has 0 heterocycles. The molecule has 156 valence electrons. The SMILES string of the molecule is C=C(C)C(OC(=O)OC(C(=C)C)c1ccccc1[N+](=O)[O-])c1ccccc1[N+](=O)[O-]. The minimum atomic E-state index is -1.17. The van der Waals surface area contributed by atoms with Gasteiger partial charge in [0.1, 0.15) is 0 Å². The molecule has 0 aliphatic carbocycles. The van der Waals surface area contributed by atoms with Gasteiger partial charge >= 0.3 is 6.16 Å². The smallest absolute Gasteiger partial charge is 0.421 e. The third kappa shape index (κ3) is 5.07. The van der Waals surface area contributed by atoms with Crippen LogP contribution in [0.5, 0.6) is 0 Å². The molecule has 0 fully saturated rings. The Morgan fingerprint density at radius 1 is 0.800 bits per heavy atom. The molecule has 0 N–H and O–H groups in total. The Bertz CT molecular complexity index is 936. The van der Waals surface area contributed by atoms with Crippen molar-refractivity contribution < 1.29 is 24.1 Å². The molecule has 9 nitrogen and oxygen atoms in total. The van der Waals surface area contributed by atoms with E-state index in [0.717, 1.165) is 0 Å². The Morgan fingerprint density at radius 3 is 1.43 bits per heavy atom. The number of hydrogen-bond donors (Lipinski definition) is 0. The molecule has 0 bridgehead atoms. The van der Waals surface area contributed by atoms with Crippen molar-refractivity contribution in [2.24, 2.45) is 0 Å². The zero-order valence-corrected chi connectivity index (χ0v) is 16.4. The lowest BCUT2D eigenvalue weighted by molar-refractivity contribution is -0.386. The van der Waals surface area contributed by atoms with Crippen molar-refractivity contribution in [3.8, 4) is 0 Å². The average Bonchev–Trinajstić information content (AvgIpc) is 2.69. The van der Waals surface area contributed by atoms with Crippen molar-refractivity contribution in [2.45, 2.75) is 26.1 Å². The van der Waals surface area contributed by atoms with Gasteiger partial charge in [0.25, 0.3) is 11.4 Å². The third-order valence-electron chi connectivity index (χ3n) is 4.16. The molecule has 2 aromatic carbocycles. The predicted octanol–water partition coefficient (Wildman–Crippen LogP) is 5.59. The van der Waals surface area contributed by atoms with Gasteiger partial charge in [0.15, 0.2) is 12.2 Å². The molecule has 2 atom stereocenters. The number of ether oxygens (including phenoxy) is 2. The van der Waals surface area contributed by atoms with Gasteiger partial charge in [-0.1, -0.05) is 37.4 Å². The molecular weight excluding hydrogens is 392 g/mol. The van der Waals surface area contributed by atoms with E-state index < -0.39 is 28.2 Å². The highest BCUT2D eigenvalue weighted by Crippen LogP contribution is 2.35.